The molecule has 0 amide bonds. The maximum absolute atomic E-state index is 3.91. The van der Waals surface area contributed by atoms with E-state index in [1.54, 1.807) is 0 Å². The molecule has 1 aliphatic rings. The summed E-state index contributed by atoms with van der Waals surface area (Å²) in [6.07, 6.45) is 4.70. The van der Waals surface area contributed by atoms with Gasteiger partial charge in [0.1, 0.15) is 0 Å². The average Bonchev–Trinajstić information content (AvgIpc) is 2.31. The maximum atomic E-state index is 3.91. The SMILES string of the molecule is CCN1CCN(Cc2c[c]ncc2)CC1. The van der Waals surface area contributed by atoms with Gasteiger partial charge in [-0.2, -0.15) is 0 Å². The molecule has 0 aliphatic carbocycles. The highest BCUT2D eigenvalue weighted by Gasteiger charge is 2.14. The number of hydrogen-bond donors (Lipinski definition) is 0. The van der Waals surface area contributed by atoms with Gasteiger partial charge < -0.3 is 4.90 Å². The third kappa shape index (κ3) is 3.01. The molecule has 1 aromatic rings. The molecule has 3 heteroatoms. The Kier molecular flexibility index (Phi) is 3.69. The van der Waals surface area contributed by atoms with Gasteiger partial charge in [-0.05, 0) is 24.2 Å². The van der Waals surface area contributed by atoms with Crippen LogP contribution in [0.25, 0.3) is 0 Å². The molecule has 81 valence electrons. The van der Waals surface area contributed by atoms with E-state index in [0.717, 1.165) is 6.54 Å². The molecule has 1 radical (unpaired) electrons. The predicted octanol–water partition coefficient (Wildman–Crippen LogP) is 1.02. The predicted molar refractivity (Wildman–Crippen MR) is 60.5 cm³/mol. The lowest BCUT2D eigenvalue weighted by Crippen LogP contribution is -2.45. The summed E-state index contributed by atoms with van der Waals surface area (Å²) in [7, 11) is 0. The third-order valence-corrected chi connectivity index (χ3v) is 3.01. The maximum Gasteiger partial charge on any atom is 0.0889 e. The van der Waals surface area contributed by atoms with Gasteiger partial charge in [0.2, 0.25) is 0 Å². The highest BCUT2D eigenvalue weighted by atomic mass is 15.3. The highest BCUT2D eigenvalue weighted by molar-refractivity contribution is 5.08. The number of aromatic nitrogens is 1. The molecule has 2 heterocycles. The molecule has 0 saturated carbocycles. The lowest BCUT2D eigenvalue weighted by Gasteiger charge is -2.33. The molecule has 1 aromatic heterocycles. The van der Waals surface area contributed by atoms with Crippen LogP contribution < -0.4 is 0 Å². The van der Waals surface area contributed by atoms with Crippen molar-refractivity contribution < 1.29 is 0 Å². The van der Waals surface area contributed by atoms with E-state index in [9.17, 15) is 0 Å². The Bertz CT molecular complexity index is 278. The smallest absolute Gasteiger partial charge is 0.0889 e. The van der Waals surface area contributed by atoms with E-state index >= 15 is 0 Å². The first-order chi connectivity index (χ1) is 7.38. The zero-order valence-electron chi connectivity index (χ0n) is 9.32. The minimum atomic E-state index is 1.04. The van der Waals surface area contributed by atoms with E-state index in [1.165, 1.54) is 38.3 Å². The van der Waals surface area contributed by atoms with E-state index < -0.39 is 0 Å². The average molecular weight is 204 g/mol. The first-order valence-corrected chi connectivity index (χ1v) is 5.64. The number of rotatable bonds is 3. The molecule has 0 atom stereocenters. The number of pyridine rings is 1. The van der Waals surface area contributed by atoms with E-state index in [-0.39, 0.29) is 0 Å². The molecule has 0 N–H and O–H groups in total. The van der Waals surface area contributed by atoms with E-state index in [1.807, 2.05) is 12.3 Å². The van der Waals surface area contributed by atoms with Crippen LogP contribution in [0.4, 0.5) is 0 Å². The Morgan fingerprint density at radius 3 is 2.60 bits per heavy atom. The number of nitrogens with zero attached hydrogens (tertiary/aromatic N) is 3. The van der Waals surface area contributed by atoms with Crippen LogP contribution in [0.1, 0.15) is 12.5 Å². The quantitative estimate of drug-likeness (QED) is 0.733. The molecule has 0 bridgehead atoms. The summed E-state index contributed by atoms with van der Waals surface area (Å²) in [6.45, 7) is 9.20. The zero-order valence-corrected chi connectivity index (χ0v) is 9.32. The fraction of sp³-hybridized carbons (Fsp3) is 0.583. The summed E-state index contributed by atoms with van der Waals surface area (Å²) in [5.41, 5.74) is 1.31. The fourth-order valence-corrected chi connectivity index (χ4v) is 1.96. The van der Waals surface area contributed by atoms with Gasteiger partial charge in [-0.15, -0.1) is 0 Å². The molecule has 0 spiro atoms. The van der Waals surface area contributed by atoms with Gasteiger partial charge in [-0.25, -0.2) is 0 Å². The van der Waals surface area contributed by atoms with Crippen LogP contribution >= 0.6 is 0 Å². The topological polar surface area (TPSA) is 19.4 Å². The van der Waals surface area contributed by atoms with E-state index in [4.69, 9.17) is 0 Å². The largest absolute Gasteiger partial charge is 0.301 e. The van der Waals surface area contributed by atoms with Crippen LogP contribution in [-0.2, 0) is 6.54 Å². The van der Waals surface area contributed by atoms with Gasteiger partial charge in [0, 0.05) is 38.9 Å². The van der Waals surface area contributed by atoms with Crippen molar-refractivity contribution in [2.24, 2.45) is 0 Å². The minimum absolute atomic E-state index is 1.04. The van der Waals surface area contributed by atoms with Crippen LogP contribution in [-0.4, -0.2) is 47.5 Å². The first-order valence-electron chi connectivity index (χ1n) is 5.64. The van der Waals surface area contributed by atoms with Crippen molar-refractivity contribution >= 4 is 0 Å². The van der Waals surface area contributed by atoms with Crippen LogP contribution in [0, 0.1) is 6.20 Å². The monoisotopic (exact) mass is 204 g/mol. The summed E-state index contributed by atoms with van der Waals surface area (Å²) in [4.78, 5) is 8.90. The molecule has 15 heavy (non-hydrogen) atoms. The molecule has 2 rings (SSSR count). The molecule has 0 unspecified atom stereocenters. The summed E-state index contributed by atoms with van der Waals surface area (Å²) in [5.74, 6) is 0. The van der Waals surface area contributed by atoms with Crippen LogP contribution in [0.5, 0.6) is 0 Å². The van der Waals surface area contributed by atoms with Gasteiger partial charge in [-0.3, -0.25) is 9.88 Å². The molecule has 0 aromatic carbocycles. The lowest BCUT2D eigenvalue weighted by molar-refractivity contribution is 0.132. The molecule has 1 saturated heterocycles. The number of likely N-dealkylation sites (N-methyl/N-ethyl adjacent to an activating group) is 1. The lowest BCUT2D eigenvalue weighted by atomic mass is 10.2. The van der Waals surface area contributed by atoms with Crippen molar-refractivity contribution in [1.29, 1.82) is 0 Å². The van der Waals surface area contributed by atoms with Gasteiger partial charge in [0.05, 0.1) is 6.20 Å². The first kappa shape index (κ1) is 10.6. The normalized spacial score (nSPS) is 19.3. The van der Waals surface area contributed by atoms with Crippen molar-refractivity contribution in [3.05, 3.63) is 30.1 Å². The Balaban J connectivity index is 1.82. The second-order valence-corrected chi connectivity index (χ2v) is 4.00. The van der Waals surface area contributed by atoms with Gasteiger partial charge in [0.25, 0.3) is 0 Å². The fourth-order valence-electron chi connectivity index (χ4n) is 1.96. The van der Waals surface area contributed by atoms with Crippen molar-refractivity contribution in [3.8, 4) is 0 Å². The second kappa shape index (κ2) is 5.24. The molecular formula is C12H18N3. The summed E-state index contributed by atoms with van der Waals surface area (Å²) < 4.78 is 0. The zero-order chi connectivity index (χ0) is 10.5. The van der Waals surface area contributed by atoms with Crippen LogP contribution in [0.15, 0.2) is 18.3 Å². The Labute approximate surface area is 91.7 Å². The molecule has 1 aliphatic heterocycles. The third-order valence-electron chi connectivity index (χ3n) is 3.01. The standard InChI is InChI=1S/C12H18N3/c1-2-14-7-9-15(10-8-14)11-12-3-5-13-6-4-12/h3-5H,2,7-11H2,1H3. The minimum Gasteiger partial charge on any atom is -0.301 e. The van der Waals surface area contributed by atoms with Gasteiger partial charge in [0.15, 0.2) is 0 Å². The summed E-state index contributed by atoms with van der Waals surface area (Å²) >= 11 is 0. The van der Waals surface area contributed by atoms with E-state index in [0.29, 0.717) is 0 Å². The summed E-state index contributed by atoms with van der Waals surface area (Å²) in [6, 6.07) is 4.05. The highest BCUT2D eigenvalue weighted by Crippen LogP contribution is 2.06. The van der Waals surface area contributed by atoms with Crippen molar-refractivity contribution in [1.82, 2.24) is 14.8 Å². The number of hydrogen-bond acceptors (Lipinski definition) is 3. The van der Waals surface area contributed by atoms with Crippen molar-refractivity contribution in [2.45, 2.75) is 13.5 Å². The van der Waals surface area contributed by atoms with Crippen LogP contribution in [0.3, 0.4) is 0 Å². The van der Waals surface area contributed by atoms with E-state index in [2.05, 4.69) is 34.0 Å². The van der Waals surface area contributed by atoms with Gasteiger partial charge in [-0.1, -0.05) is 6.92 Å². The summed E-state index contributed by atoms with van der Waals surface area (Å²) in [5, 5.41) is 0. The Hall–Kier alpha value is -0.930. The molecular weight excluding hydrogens is 186 g/mol. The van der Waals surface area contributed by atoms with Crippen LogP contribution in [0.2, 0.25) is 0 Å². The van der Waals surface area contributed by atoms with Crippen molar-refractivity contribution in [3.63, 3.8) is 0 Å². The molecule has 3 nitrogen and oxygen atoms in total. The second-order valence-electron chi connectivity index (χ2n) is 4.00. The number of piperazine rings is 1. The van der Waals surface area contributed by atoms with Gasteiger partial charge >= 0.3 is 0 Å². The Morgan fingerprint density at radius 1 is 1.27 bits per heavy atom. The Morgan fingerprint density at radius 2 is 2.00 bits per heavy atom. The molecule has 1 fully saturated rings. The van der Waals surface area contributed by atoms with Crippen molar-refractivity contribution in [2.75, 3.05) is 32.7 Å².